The van der Waals surface area contributed by atoms with Crippen LogP contribution in [0.5, 0.6) is 0 Å². The molecule has 118 valence electrons. The van der Waals surface area contributed by atoms with Crippen LogP contribution in [0, 0.1) is 0 Å². The van der Waals surface area contributed by atoms with Gasteiger partial charge in [0.15, 0.2) is 0 Å². The van der Waals surface area contributed by atoms with Crippen LogP contribution in [-0.2, 0) is 4.74 Å². The molecule has 6 nitrogen and oxygen atoms in total. The van der Waals surface area contributed by atoms with E-state index in [-0.39, 0.29) is 12.1 Å². The third-order valence-corrected chi connectivity index (χ3v) is 3.64. The van der Waals surface area contributed by atoms with Crippen LogP contribution in [-0.4, -0.2) is 39.5 Å². The van der Waals surface area contributed by atoms with Crippen LogP contribution in [0.3, 0.4) is 0 Å². The second-order valence-electron chi connectivity index (χ2n) is 6.74. The van der Waals surface area contributed by atoms with Crippen LogP contribution in [0.25, 0.3) is 0 Å². The highest BCUT2D eigenvalue weighted by Crippen LogP contribution is 2.24. The first kappa shape index (κ1) is 15.8. The zero-order valence-electron chi connectivity index (χ0n) is 13.4. The molecule has 0 spiro atoms. The van der Waals surface area contributed by atoms with Crippen molar-refractivity contribution in [2.45, 2.75) is 58.2 Å². The standard InChI is InChI=1S/C15H26N4O2/c1-11(16)12-9-17-19(10-12)13-5-7-18(8-6-13)14(20)21-15(2,3)4/h9-11,13H,5-8,16H2,1-4H3. The summed E-state index contributed by atoms with van der Waals surface area (Å²) in [5.41, 5.74) is 6.46. The van der Waals surface area contributed by atoms with E-state index in [0.29, 0.717) is 19.1 Å². The van der Waals surface area contributed by atoms with E-state index in [1.54, 1.807) is 4.90 Å². The fraction of sp³-hybridized carbons (Fsp3) is 0.733. The SMILES string of the molecule is CC(N)c1cnn(C2CCN(C(=O)OC(C)(C)C)CC2)c1. The van der Waals surface area contributed by atoms with Crippen molar-refractivity contribution in [3.05, 3.63) is 18.0 Å². The van der Waals surface area contributed by atoms with Crippen molar-refractivity contribution in [3.63, 3.8) is 0 Å². The van der Waals surface area contributed by atoms with Gasteiger partial charge in [-0.1, -0.05) is 0 Å². The lowest BCUT2D eigenvalue weighted by Gasteiger charge is -2.33. The van der Waals surface area contributed by atoms with Crippen LogP contribution < -0.4 is 5.73 Å². The lowest BCUT2D eigenvalue weighted by molar-refractivity contribution is 0.0185. The Morgan fingerprint density at radius 3 is 2.52 bits per heavy atom. The number of nitrogens with zero attached hydrogens (tertiary/aromatic N) is 3. The Balaban J connectivity index is 1.89. The zero-order valence-corrected chi connectivity index (χ0v) is 13.4. The summed E-state index contributed by atoms with van der Waals surface area (Å²) in [6, 6.07) is 0.330. The molecule has 2 rings (SSSR count). The molecule has 0 aliphatic carbocycles. The molecule has 1 fully saturated rings. The highest BCUT2D eigenvalue weighted by atomic mass is 16.6. The van der Waals surface area contributed by atoms with E-state index >= 15 is 0 Å². The van der Waals surface area contributed by atoms with Gasteiger partial charge < -0.3 is 15.4 Å². The minimum atomic E-state index is -0.442. The summed E-state index contributed by atoms with van der Waals surface area (Å²) in [6.45, 7) is 9.01. The maximum absolute atomic E-state index is 12.0. The minimum absolute atomic E-state index is 0.000558. The van der Waals surface area contributed by atoms with Crippen LogP contribution >= 0.6 is 0 Å². The Bertz CT molecular complexity index is 482. The van der Waals surface area contributed by atoms with Gasteiger partial charge in [0.1, 0.15) is 5.60 Å². The van der Waals surface area contributed by atoms with Crippen molar-refractivity contribution in [1.82, 2.24) is 14.7 Å². The smallest absolute Gasteiger partial charge is 0.410 e. The number of hydrogen-bond acceptors (Lipinski definition) is 4. The number of nitrogens with two attached hydrogens (primary N) is 1. The second kappa shape index (κ2) is 6.05. The predicted molar refractivity (Wildman–Crippen MR) is 80.9 cm³/mol. The lowest BCUT2D eigenvalue weighted by atomic mass is 10.1. The van der Waals surface area contributed by atoms with Crippen LogP contribution in [0.1, 0.15) is 58.2 Å². The number of rotatable bonds is 2. The highest BCUT2D eigenvalue weighted by molar-refractivity contribution is 5.68. The fourth-order valence-corrected chi connectivity index (χ4v) is 2.43. The van der Waals surface area contributed by atoms with Gasteiger partial charge in [0, 0.05) is 30.9 Å². The van der Waals surface area contributed by atoms with E-state index in [1.165, 1.54) is 0 Å². The fourth-order valence-electron chi connectivity index (χ4n) is 2.43. The molecule has 1 saturated heterocycles. The summed E-state index contributed by atoms with van der Waals surface area (Å²) in [7, 11) is 0. The summed E-state index contributed by atoms with van der Waals surface area (Å²) in [5, 5.41) is 4.39. The van der Waals surface area contributed by atoms with Gasteiger partial charge >= 0.3 is 6.09 Å². The lowest BCUT2D eigenvalue weighted by Crippen LogP contribution is -2.42. The molecule has 1 unspecified atom stereocenters. The number of hydrogen-bond donors (Lipinski definition) is 1. The molecule has 1 aromatic heterocycles. The number of likely N-dealkylation sites (tertiary alicyclic amines) is 1. The number of carbonyl (C=O) groups is 1. The first-order valence-electron chi connectivity index (χ1n) is 7.54. The minimum Gasteiger partial charge on any atom is -0.444 e. The molecule has 2 N–H and O–H groups in total. The van der Waals surface area contributed by atoms with E-state index in [4.69, 9.17) is 10.5 Å². The third kappa shape index (κ3) is 4.20. The number of piperidine rings is 1. The number of aromatic nitrogens is 2. The topological polar surface area (TPSA) is 73.4 Å². The van der Waals surface area contributed by atoms with Gasteiger partial charge in [-0.25, -0.2) is 4.79 Å². The molecule has 1 aromatic rings. The molecular weight excluding hydrogens is 268 g/mol. The van der Waals surface area contributed by atoms with Gasteiger partial charge in [-0.2, -0.15) is 5.10 Å². The van der Waals surface area contributed by atoms with Gasteiger partial charge in [-0.05, 0) is 40.5 Å². The Kier molecular flexibility index (Phi) is 4.56. The molecule has 1 aliphatic heterocycles. The molecule has 21 heavy (non-hydrogen) atoms. The van der Waals surface area contributed by atoms with Crippen molar-refractivity contribution >= 4 is 6.09 Å². The molecule has 2 heterocycles. The van der Waals surface area contributed by atoms with Crippen molar-refractivity contribution in [3.8, 4) is 0 Å². The first-order chi connectivity index (χ1) is 9.76. The molecule has 0 saturated carbocycles. The van der Waals surface area contributed by atoms with Crippen molar-refractivity contribution in [1.29, 1.82) is 0 Å². The zero-order chi connectivity index (χ0) is 15.6. The number of amides is 1. The average Bonchev–Trinajstić information content (AvgIpc) is 2.86. The Morgan fingerprint density at radius 1 is 1.43 bits per heavy atom. The Morgan fingerprint density at radius 2 is 2.05 bits per heavy atom. The molecule has 1 aliphatic rings. The average molecular weight is 294 g/mol. The summed E-state index contributed by atoms with van der Waals surface area (Å²) >= 11 is 0. The van der Waals surface area contributed by atoms with Crippen LogP contribution in [0.4, 0.5) is 4.79 Å². The van der Waals surface area contributed by atoms with Crippen molar-refractivity contribution < 1.29 is 9.53 Å². The number of ether oxygens (including phenoxy) is 1. The normalized spacial score (nSPS) is 18.6. The Hall–Kier alpha value is -1.56. The Labute approximate surface area is 126 Å². The maximum atomic E-state index is 12.0. The quantitative estimate of drug-likeness (QED) is 0.909. The van der Waals surface area contributed by atoms with Crippen molar-refractivity contribution in [2.24, 2.45) is 5.73 Å². The van der Waals surface area contributed by atoms with Gasteiger partial charge in [0.2, 0.25) is 0 Å². The molecule has 6 heteroatoms. The first-order valence-corrected chi connectivity index (χ1v) is 7.54. The molecule has 1 atom stereocenters. The monoisotopic (exact) mass is 294 g/mol. The van der Waals surface area contributed by atoms with Gasteiger partial charge in [-0.15, -0.1) is 0 Å². The molecule has 0 bridgehead atoms. The van der Waals surface area contributed by atoms with Gasteiger partial charge in [0.05, 0.1) is 12.2 Å². The van der Waals surface area contributed by atoms with Crippen molar-refractivity contribution in [2.75, 3.05) is 13.1 Å². The maximum Gasteiger partial charge on any atom is 0.410 e. The largest absolute Gasteiger partial charge is 0.444 e. The molecule has 0 aromatic carbocycles. The van der Waals surface area contributed by atoms with E-state index in [0.717, 1.165) is 18.4 Å². The van der Waals surface area contributed by atoms with E-state index < -0.39 is 5.60 Å². The summed E-state index contributed by atoms with van der Waals surface area (Å²) < 4.78 is 7.38. The van der Waals surface area contributed by atoms with Crippen LogP contribution in [0.2, 0.25) is 0 Å². The van der Waals surface area contributed by atoms with Gasteiger partial charge in [-0.3, -0.25) is 4.68 Å². The molecule has 0 radical (unpaired) electrons. The number of carbonyl (C=O) groups excluding carboxylic acids is 1. The van der Waals surface area contributed by atoms with E-state index in [9.17, 15) is 4.79 Å². The molecule has 1 amide bonds. The van der Waals surface area contributed by atoms with Gasteiger partial charge in [0.25, 0.3) is 0 Å². The summed E-state index contributed by atoms with van der Waals surface area (Å²) in [5.74, 6) is 0. The third-order valence-electron chi connectivity index (χ3n) is 3.64. The van der Waals surface area contributed by atoms with E-state index in [2.05, 4.69) is 5.10 Å². The summed E-state index contributed by atoms with van der Waals surface area (Å²) in [4.78, 5) is 13.8. The predicted octanol–water partition coefficient (Wildman–Crippen LogP) is 2.47. The molecular formula is C15H26N4O2. The second-order valence-corrected chi connectivity index (χ2v) is 6.74. The van der Waals surface area contributed by atoms with Crippen LogP contribution in [0.15, 0.2) is 12.4 Å². The summed E-state index contributed by atoms with van der Waals surface area (Å²) in [6.07, 6.45) is 5.39. The van der Waals surface area contributed by atoms with E-state index in [1.807, 2.05) is 44.8 Å². The highest BCUT2D eigenvalue weighted by Gasteiger charge is 2.27.